The van der Waals surface area contributed by atoms with Crippen molar-refractivity contribution in [1.82, 2.24) is 10.6 Å². The minimum absolute atomic E-state index is 0.458. The fraction of sp³-hybridized carbons (Fsp3) is 0.947. The molecule has 2 N–H and O–H groups in total. The first-order chi connectivity index (χ1) is 11.6. The summed E-state index contributed by atoms with van der Waals surface area (Å²) >= 11 is 0. The molecule has 1 heterocycles. The molecule has 24 heavy (non-hydrogen) atoms. The van der Waals surface area contributed by atoms with Crippen LogP contribution < -0.4 is 10.6 Å². The lowest BCUT2D eigenvalue weighted by atomic mass is 10.0. The molecule has 5 nitrogen and oxygen atoms in total. The van der Waals surface area contributed by atoms with Gasteiger partial charge in [0.1, 0.15) is 0 Å². The van der Waals surface area contributed by atoms with Gasteiger partial charge in [0, 0.05) is 46.1 Å². The molecule has 0 aromatic carbocycles. The second-order valence-corrected chi connectivity index (χ2v) is 7.35. The Morgan fingerprint density at radius 2 is 1.92 bits per heavy atom. The lowest BCUT2D eigenvalue weighted by Crippen LogP contribution is -2.42. The fourth-order valence-corrected chi connectivity index (χ4v) is 2.88. The number of nitrogens with zero attached hydrogens (tertiary/aromatic N) is 1. The van der Waals surface area contributed by atoms with Gasteiger partial charge in [0.05, 0.1) is 0 Å². The van der Waals surface area contributed by atoms with Gasteiger partial charge in [-0.3, -0.25) is 4.99 Å². The SMILES string of the molecule is CN=C(NCCCOCC1CCOCC1)NC(C)CCCC(C)C. The molecule has 0 bridgehead atoms. The van der Waals surface area contributed by atoms with Gasteiger partial charge in [0.25, 0.3) is 0 Å². The average Bonchev–Trinajstić information content (AvgIpc) is 2.57. The highest BCUT2D eigenvalue weighted by Gasteiger charge is 2.13. The Kier molecular flexibility index (Phi) is 11.9. The van der Waals surface area contributed by atoms with Crippen LogP contribution in [0.1, 0.15) is 59.3 Å². The number of hydrogen-bond donors (Lipinski definition) is 2. The zero-order valence-electron chi connectivity index (χ0n) is 16.3. The van der Waals surface area contributed by atoms with Crippen LogP contribution in [0.3, 0.4) is 0 Å². The van der Waals surface area contributed by atoms with Crippen molar-refractivity contribution < 1.29 is 9.47 Å². The number of nitrogens with one attached hydrogen (secondary N) is 2. The summed E-state index contributed by atoms with van der Waals surface area (Å²) in [7, 11) is 1.83. The Morgan fingerprint density at radius 3 is 2.58 bits per heavy atom. The number of aliphatic imine (C=N–C) groups is 1. The number of rotatable bonds is 11. The van der Waals surface area contributed by atoms with Crippen LogP contribution in [0.4, 0.5) is 0 Å². The van der Waals surface area contributed by atoms with Gasteiger partial charge in [-0.25, -0.2) is 0 Å². The summed E-state index contributed by atoms with van der Waals surface area (Å²) in [5.41, 5.74) is 0. The van der Waals surface area contributed by atoms with E-state index < -0.39 is 0 Å². The Labute approximate surface area is 149 Å². The minimum atomic E-state index is 0.458. The number of ether oxygens (including phenoxy) is 2. The third kappa shape index (κ3) is 10.9. The van der Waals surface area contributed by atoms with E-state index in [4.69, 9.17) is 9.47 Å². The largest absolute Gasteiger partial charge is 0.381 e. The third-order valence-corrected chi connectivity index (χ3v) is 4.48. The summed E-state index contributed by atoms with van der Waals surface area (Å²) in [5, 5.41) is 6.84. The van der Waals surface area contributed by atoms with Crippen molar-refractivity contribution in [2.45, 2.75) is 65.3 Å². The zero-order chi connectivity index (χ0) is 17.6. The molecule has 0 aromatic rings. The summed E-state index contributed by atoms with van der Waals surface area (Å²) in [6, 6.07) is 0.458. The van der Waals surface area contributed by atoms with Gasteiger partial charge >= 0.3 is 0 Å². The maximum absolute atomic E-state index is 5.79. The van der Waals surface area contributed by atoms with Crippen molar-refractivity contribution in [3.63, 3.8) is 0 Å². The van der Waals surface area contributed by atoms with Crippen molar-refractivity contribution in [3.8, 4) is 0 Å². The molecule has 1 aliphatic rings. The predicted molar refractivity (Wildman–Crippen MR) is 102 cm³/mol. The van der Waals surface area contributed by atoms with Gasteiger partial charge in [-0.1, -0.05) is 26.7 Å². The van der Waals surface area contributed by atoms with Crippen LogP contribution >= 0.6 is 0 Å². The lowest BCUT2D eigenvalue weighted by molar-refractivity contribution is 0.0203. The maximum Gasteiger partial charge on any atom is 0.191 e. The first-order valence-corrected chi connectivity index (χ1v) is 9.74. The van der Waals surface area contributed by atoms with Gasteiger partial charge in [-0.15, -0.1) is 0 Å². The van der Waals surface area contributed by atoms with E-state index in [1.165, 1.54) is 19.3 Å². The highest BCUT2D eigenvalue weighted by atomic mass is 16.5. The van der Waals surface area contributed by atoms with Crippen LogP contribution in [0.15, 0.2) is 4.99 Å². The second kappa shape index (κ2) is 13.5. The van der Waals surface area contributed by atoms with Crippen molar-refractivity contribution in [2.75, 3.05) is 40.0 Å². The van der Waals surface area contributed by atoms with E-state index >= 15 is 0 Å². The summed E-state index contributed by atoms with van der Waals surface area (Å²) in [6.45, 7) is 11.2. The lowest BCUT2D eigenvalue weighted by Gasteiger charge is -2.22. The van der Waals surface area contributed by atoms with Crippen molar-refractivity contribution in [3.05, 3.63) is 0 Å². The van der Waals surface area contributed by atoms with Crippen molar-refractivity contribution >= 4 is 5.96 Å². The number of hydrogen-bond acceptors (Lipinski definition) is 3. The van der Waals surface area contributed by atoms with Gasteiger partial charge in [0.15, 0.2) is 5.96 Å². The zero-order valence-corrected chi connectivity index (χ0v) is 16.3. The maximum atomic E-state index is 5.79. The van der Waals surface area contributed by atoms with Gasteiger partial charge in [0.2, 0.25) is 0 Å². The monoisotopic (exact) mass is 341 g/mol. The quantitative estimate of drug-likeness (QED) is 0.344. The van der Waals surface area contributed by atoms with Crippen LogP contribution in [-0.4, -0.2) is 52.0 Å². The molecule has 1 rings (SSSR count). The van der Waals surface area contributed by atoms with Gasteiger partial charge in [-0.2, -0.15) is 0 Å². The highest BCUT2D eigenvalue weighted by molar-refractivity contribution is 5.79. The summed E-state index contributed by atoms with van der Waals surface area (Å²) in [5.74, 6) is 2.38. The highest BCUT2D eigenvalue weighted by Crippen LogP contribution is 2.14. The van der Waals surface area contributed by atoms with Crippen molar-refractivity contribution in [2.24, 2.45) is 16.8 Å². The normalized spacial score (nSPS) is 18.0. The first-order valence-electron chi connectivity index (χ1n) is 9.74. The van der Waals surface area contributed by atoms with Crippen LogP contribution in [0.5, 0.6) is 0 Å². The molecule has 5 heteroatoms. The average molecular weight is 342 g/mol. The number of guanidine groups is 1. The first kappa shape index (κ1) is 21.2. The second-order valence-electron chi connectivity index (χ2n) is 7.35. The molecule has 0 radical (unpaired) electrons. The third-order valence-electron chi connectivity index (χ3n) is 4.48. The molecule has 0 aromatic heterocycles. The van der Waals surface area contributed by atoms with E-state index in [2.05, 4.69) is 36.4 Å². The molecule has 1 unspecified atom stereocenters. The topological polar surface area (TPSA) is 54.9 Å². The molecule has 0 saturated carbocycles. The summed E-state index contributed by atoms with van der Waals surface area (Å²) in [6.07, 6.45) is 7.04. The van der Waals surface area contributed by atoms with Crippen molar-refractivity contribution in [1.29, 1.82) is 0 Å². The van der Waals surface area contributed by atoms with E-state index in [1.54, 1.807) is 0 Å². The Balaban J connectivity index is 2.00. The van der Waals surface area contributed by atoms with Crippen LogP contribution in [0, 0.1) is 11.8 Å². The summed E-state index contributed by atoms with van der Waals surface area (Å²) < 4.78 is 11.2. The van der Waals surface area contributed by atoms with Crippen LogP contribution in [0.2, 0.25) is 0 Å². The Morgan fingerprint density at radius 1 is 1.17 bits per heavy atom. The van der Waals surface area contributed by atoms with E-state index in [0.717, 1.165) is 64.1 Å². The molecular formula is C19H39N3O2. The van der Waals surface area contributed by atoms with Crippen LogP contribution in [0.25, 0.3) is 0 Å². The molecule has 142 valence electrons. The molecule has 1 aliphatic heterocycles. The van der Waals surface area contributed by atoms with E-state index in [1.807, 2.05) is 7.05 Å². The van der Waals surface area contributed by atoms with Gasteiger partial charge < -0.3 is 20.1 Å². The molecule has 1 saturated heterocycles. The molecule has 0 spiro atoms. The van der Waals surface area contributed by atoms with E-state index in [9.17, 15) is 0 Å². The molecule has 1 atom stereocenters. The standard InChI is InChI=1S/C19H39N3O2/c1-16(2)7-5-8-17(3)22-19(20-4)21-11-6-12-24-15-18-9-13-23-14-10-18/h16-18H,5-15H2,1-4H3,(H2,20,21,22). The predicted octanol–water partition coefficient (Wildman–Crippen LogP) is 3.20. The minimum Gasteiger partial charge on any atom is -0.381 e. The molecule has 1 fully saturated rings. The van der Waals surface area contributed by atoms with E-state index in [-0.39, 0.29) is 0 Å². The molecular weight excluding hydrogens is 302 g/mol. The Hall–Kier alpha value is -0.810. The molecule has 0 aliphatic carbocycles. The Bertz CT molecular complexity index is 329. The van der Waals surface area contributed by atoms with Crippen LogP contribution in [-0.2, 0) is 9.47 Å². The fourth-order valence-electron chi connectivity index (χ4n) is 2.88. The smallest absolute Gasteiger partial charge is 0.191 e. The summed E-state index contributed by atoms with van der Waals surface area (Å²) in [4.78, 5) is 4.30. The molecule has 0 amide bonds. The van der Waals surface area contributed by atoms with E-state index in [0.29, 0.717) is 12.0 Å². The van der Waals surface area contributed by atoms with Gasteiger partial charge in [-0.05, 0) is 44.4 Å².